The first-order valence-corrected chi connectivity index (χ1v) is 9.44. The van der Waals surface area contributed by atoms with E-state index in [1.54, 1.807) is 25.1 Å². The molecule has 0 saturated carbocycles. The standard InChI is InChI=1S/C22H24N4O2/c1-14-5-6-15(2)19(11-14)25-13-24-17-12-16(7-8-18(17)25)20(27)26-10-9-23-21(28)22(26,3)4/h5-8,11-13H,9-10H2,1-4H3,(H,23,28). The lowest BCUT2D eigenvalue weighted by molar-refractivity contribution is -0.133. The normalized spacial score (nSPS) is 16.3. The molecule has 0 aliphatic carbocycles. The lowest BCUT2D eigenvalue weighted by Crippen LogP contribution is -2.63. The van der Waals surface area contributed by atoms with Gasteiger partial charge in [0.2, 0.25) is 5.91 Å². The predicted molar refractivity (Wildman–Crippen MR) is 109 cm³/mol. The minimum absolute atomic E-state index is 0.132. The Morgan fingerprint density at radius 3 is 2.71 bits per heavy atom. The molecule has 2 heterocycles. The number of amides is 2. The fraction of sp³-hybridized carbons (Fsp3) is 0.318. The molecule has 1 saturated heterocycles. The molecular formula is C22H24N4O2. The number of nitrogens with one attached hydrogen (secondary N) is 1. The van der Waals surface area contributed by atoms with Crippen molar-refractivity contribution < 1.29 is 9.59 Å². The number of fused-ring (bicyclic) bond motifs is 1. The Hall–Kier alpha value is -3.15. The van der Waals surface area contributed by atoms with Crippen molar-refractivity contribution >= 4 is 22.8 Å². The van der Waals surface area contributed by atoms with Crippen molar-refractivity contribution in [3.63, 3.8) is 0 Å². The fourth-order valence-corrected chi connectivity index (χ4v) is 3.73. The van der Waals surface area contributed by atoms with E-state index in [0.717, 1.165) is 22.3 Å². The molecule has 0 radical (unpaired) electrons. The van der Waals surface area contributed by atoms with Gasteiger partial charge in [0.05, 0.1) is 16.7 Å². The Balaban J connectivity index is 1.73. The maximum atomic E-state index is 13.1. The Morgan fingerprint density at radius 2 is 1.93 bits per heavy atom. The van der Waals surface area contributed by atoms with E-state index in [-0.39, 0.29) is 11.8 Å². The van der Waals surface area contributed by atoms with Crippen molar-refractivity contribution in [3.05, 3.63) is 59.4 Å². The van der Waals surface area contributed by atoms with Gasteiger partial charge in [-0.3, -0.25) is 14.2 Å². The zero-order valence-corrected chi connectivity index (χ0v) is 16.6. The van der Waals surface area contributed by atoms with E-state index in [4.69, 9.17) is 0 Å². The number of hydrogen-bond donors (Lipinski definition) is 1. The van der Waals surface area contributed by atoms with Crippen LogP contribution in [0.2, 0.25) is 0 Å². The summed E-state index contributed by atoms with van der Waals surface area (Å²) in [5, 5.41) is 2.82. The predicted octanol–water partition coefficient (Wildman–Crippen LogP) is 2.99. The van der Waals surface area contributed by atoms with Crippen LogP contribution in [0.3, 0.4) is 0 Å². The van der Waals surface area contributed by atoms with E-state index in [0.29, 0.717) is 18.7 Å². The van der Waals surface area contributed by atoms with E-state index < -0.39 is 5.54 Å². The number of imidazole rings is 1. The summed E-state index contributed by atoms with van der Waals surface area (Å²) in [6.07, 6.45) is 1.79. The molecule has 2 aromatic carbocycles. The second-order valence-electron chi connectivity index (χ2n) is 7.88. The first kappa shape index (κ1) is 18.2. The number of piperazine rings is 1. The number of aromatic nitrogens is 2. The summed E-state index contributed by atoms with van der Waals surface area (Å²) in [6.45, 7) is 8.64. The van der Waals surface area contributed by atoms with E-state index in [1.807, 2.05) is 22.8 Å². The number of rotatable bonds is 2. The number of hydrogen-bond acceptors (Lipinski definition) is 3. The quantitative estimate of drug-likeness (QED) is 0.748. The van der Waals surface area contributed by atoms with Gasteiger partial charge in [-0.15, -0.1) is 0 Å². The van der Waals surface area contributed by atoms with Crippen LogP contribution in [0.25, 0.3) is 16.7 Å². The van der Waals surface area contributed by atoms with Gasteiger partial charge >= 0.3 is 0 Å². The average Bonchev–Trinajstić information content (AvgIpc) is 3.08. The highest BCUT2D eigenvalue weighted by atomic mass is 16.2. The smallest absolute Gasteiger partial charge is 0.254 e. The molecule has 144 valence electrons. The summed E-state index contributed by atoms with van der Waals surface area (Å²) in [5.41, 5.74) is 4.79. The molecule has 6 nitrogen and oxygen atoms in total. The molecule has 1 aliphatic rings. The van der Waals surface area contributed by atoms with Crippen molar-refractivity contribution in [3.8, 4) is 5.69 Å². The molecule has 1 N–H and O–H groups in total. The van der Waals surface area contributed by atoms with Gasteiger partial charge in [0, 0.05) is 18.7 Å². The number of carbonyl (C=O) groups is 2. The van der Waals surface area contributed by atoms with Crippen molar-refractivity contribution in [1.82, 2.24) is 19.8 Å². The molecular weight excluding hydrogens is 352 g/mol. The van der Waals surface area contributed by atoms with Crippen LogP contribution in [0.5, 0.6) is 0 Å². The summed E-state index contributed by atoms with van der Waals surface area (Å²) in [4.78, 5) is 31.4. The fourth-order valence-electron chi connectivity index (χ4n) is 3.73. The third kappa shape index (κ3) is 2.85. The Morgan fingerprint density at radius 1 is 1.14 bits per heavy atom. The van der Waals surface area contributed by atoms with Crippen molar-refractivity contribution in [2.24, 2.45) is 0 Å². The summed E-state index contributed by atoms with van der Waals surface area (Å²) in [5.74, 6) is -0.282. The Bertz CT molecular complexity index is 1100. The van der Waals surface area contributed by atoms with Crippen LogP contribution in [0.1, 0.15) is 35.3 Å². The minimum atomic E-state index is -0.873. The van der Waals surface area contributed by atoms with Crippen LogP contribution in [0, 0.1) is 13.8 Å². The van der Waals surface area contributed by atoms with E-state index in [1.165, 1.54) is 5.56 Å². The Labute approximate surface area is 164 Å². The van der Waals surface area contributed by atoms with Gasteiger partial charge in [-0.25, -0.2) is 4.98 Å². The van der Waals surface area contributed by atoms with Crippen LogP contribution in [0.4, 0.5) is 0 Å². The van der Waals surface area contributed by atoms with Gasteiger partial charge in [0.25, 0.3) is 5.91 Å². The summed E-state index contributed by atoms with van der Waals surface area (Å²) >= 11 is 0. The summed E-state index contributed by atoms with van der Waals surface area (Å²) < 4.78 is 2.05. The van der Waals surface area contributed by atoms with Gasteiger partial charge in [-0.1, -0.05) is 12.1 Å². The monoisotopic (exact) mass is 376 g/mol. The van der Waals surface area contributed by atoms with Gasteiger partial charge in [-0.05, 0) is 63.1 Å². The minimum Gasteiger partial charge on any atom is -0.352 e. The number of nitrogens with zero attached hydrogens (tertiary/aromatic N) is 3. The average molecular weight is 376 g/mol. The topological polar surface area (TPSA) is 67.2 Å². The molecule has 0 unspecified atom stereocenters. The molecule has 4 rings (SSSR count). The van der Waals surface area contributed by atoms with Crippen LogP contribution in [0.15, 0.2) is 42.7 Å². The van der Waals surface area contributed by atoms with Gasteiger partial charge < -0.3 is 10.2 Å². The van der Waals surface area contributed by atoms with Crippen molar-refractivity contribution in [2.45, 2.75) is 33.2 Å². The molecule has 28 heavy (non-hydrogen) atoms. The van der Waals surface area contributed by atoms with Crippen LogP contribution in [-0.2, 0) is 4.79 Å². The lowest BCUT2D eigenvalue weighted by Gasteiger charge is -2.41. The molecule has 2 amide bonds. The molecule has 3 aromatic rings. The molecule has 1 fully saturated rings. The maximum Gasteiger partial charge on any atom is 0.254 e. The molecule has 0 atom stereocenters. The number of carbonyl (C=O) groups excluding carboxylic acids is 2. The third-order valence-corrected chi connectivity index (χ3v) is 5.51. The van der Waals surface area contributed by atoms with E-state index in [2.05, 4.69) is 42.3 Å². The lowest BCUT2D eigenvalue weighted by atomic mass is 9.97. The number of aryl methyl sites for hydroxylation is 2. The molecule has 0 bridgehead atoms. The van der Waals surface area contributed by atoms with Gasteiger partial charge in [0.1, 0.15) is 11.9 Å². The van der Waals surface area contributed by atoms with Crippen LogP contribution < -0.4 is 5.32 Å². The summed E-state index contributed by atoms with van der Waals surface area (Å²) in [7, 11) is 0. The highest BCUT2D eigenvalue weighted by Crippen LogP contribution is 2.25. The van der Waals surface area contributed by atoms with Crippen LogP contribution >= 0.6 is 0 Å². The zero-order chi connectivity index (χ0) is 20.1. The molecule has 1 aliphatic heterocycles. The molecule has 0 spiro atoms. The van der Waals surface area contributed by atoms with E-state index >= 15 is 0 Å². The first-order chi connectivity index (χ1) is 13.3. The second-order valence-corrected chi connectivity index (χ2v) is 7.88. The van der Waals surface area contributed by atoms with Gasteiger partial charge in [-0.2, -0.15) is 0 Å². The highest BCUT2D eigenvalue weighted by Gasteiger charge is 2.40. The number of benzene rings is 2. The Kier molecular flexibility index (Phi) is 4.22. The summed E-state index contributed by atoms with van der Waals surface area (Å²) in [6, 6.07) is 11.9. The maximum absolute atomic E-state index is 13.1. The molecule has 1 aromatic heterocycles. The van der Waals surface area contributed by atoms with Crippen molar-refractivity contribution in [2.75, 3.05) is 13.1 Å². The zero-order valence-electron chi connectivity index (χ0n) is 16.6. The van der Waals surface area contributed by atoms with E-state index in [9.17, 15) is 9.59 Å². The third-order valence-electron chi connectivity index (χ3n) is 5.51. The highest BCUT2D eigenvalue weighted by molar-refractivity contribution is 6.01. The van der Waals surface area contributed by atoms with Gasteiger partial charge in [0.15, 0.2) is 0 Å². The molecule has 6 heteroatoms. The first-order valence-electron chi connectivity index (χ1n) is 9.44. The second kappa shape index (κ2) is 6.48. The largest absolute Gasteiger partial charge is 0.352 e. The van der Waals surface area contributed by atoms with Crippen LogP contribution in [-0.4, -0.2) is 44.9 Å². The SMILES string of the molecule is Cc1ccc(C)c(-n2cnc3cc(C(=O)N4CCNC(=O)C4(C)C)ccc32)c1. The van der Waals surface area contributed by atoms with Crippen molar-refractivity contribution in [1.29, 1.82) is 0 Å².